The molecule has 0 saturated carbocycles. The molecule has 1 aliphatic heterocycles. The first-order chi connectivity index (χ1) is 9.29. The molecule has 3 nitrogen and oxygen atoms in total. The molecule has 1 saturated heterocycles. The molecule has 114 valence electrons. The van der Waals surface area contributed by atoms with E-state index in [0.29, 0.717) is 36.9 Å². The van der Waals surface area contributed by atoms with Crippen molar-refractivity contribution in [3.8, 4) is 0 Å². The average molecular weight is 280 g/mol. The largest absolute Gasteiger partial charge is 0.465 e. The van der Waals surface area contributed by atoms with Gasteiger partial charge < -0.3 is 9.47 Å². The Morgan fingerprint density at radius 1 is 1.50 bits per heavy atom. The Labute approximate surface area is 122 Å². The van der Waals surface area contributed by atoms with Crippen molar-refractivity contribution in [1.29, 1.82) is 0 Å². The van der Waals surface area contributed by atoms with Gasteiger partial charge in [-0.25, -0.2) is 0 Å². The van der Waals surface area contributed by atoms with Crippen LogP contribution < -0.4 is 0 Å². The Balaban J connectivity index is 2.33. The van der Waals surface area contributed by atoms with E-state index in [4.69, 9.17) is 9.47 Å². The van der Waals surface area contributed by atoms with Crippen LogP contribution in [0.25, 0.3) is 0 Å². The van der Waals surface area contributed by atoms with Gasteiger partial charge in [-0.15, -0.1) is 0 Å². The zero-order chi connectivity index (χ0) is 15.1. The van der Waals surface area contributed by atoms with E-state index in [1.807, 2.05) is 0 Å². The number of esters is 1. The van der Waals surface area contributed by atoms with Crippen LogP contribution in [0.5, 0.6) is 0 Å². The van der Waals surface area contributed by atoms with E-state index >= 15 is 0 Å². The fourth-order valence-electron chi connectivity index (χ4n) is 4.15. The molecule has 0 N–H and O–H groups in total. The molecule has 1 aliphatic carbocycles. The van der Waals surface area contributed by atoms with E-state index < -0.39 is 0 Å². The predicted octanol–water partition coefficient (Wildman–Crippen LogP) is 3.44. The highest BCUT2D eigenvalue weighted by Crippen LogP contribution is 2.53. The van der Waals surface area contributed by atoms with Gasteiger partial charge in [0.25, 0.3) is 0 Å². The van der Waals surface area contributed by atoms with Crippen LogP contribution in [0.15, 0.2) is 11.6 Å². The molecule has 0 spiro atoms. The molecule has 3 heteroatoms. The van der Waals surface area contributed by atoms with Crippen LogP contribution in [0, 0.1) is 29.1 Å². The van der Waals surface area contributed by atoms with Crippen LogP contribution in [0.4, 0.5) is 0 Å². The van der Waals surface area contributed by atoms with Crippen molar-refractivity contribution in [2.24, 2.45) is 29.1 Å². The lowest BCUT2D eigenvalue weighted by Gasteiger charge is -2.56. The van der Waals surface area contributed by atoms with Gasteiger partial charge in [-0.2, -0.15) is 0 Å². The number of ether oxygens (including phenoxy) is 2. The first-order valence-electron chi connectivity index (χ1n) is 7.73. The van der Waals surface area contributed by atoms with Crippen LogP contribution in [0.2, 0.25) is 0 Å². The summed E-state index contributed by atoms with van der Waals surface area (Å²) in [6.07, 6.45) is 2.64. The SMILES string of the molecule is CC(=O)OC[C@]12CO[C@H](C(C)C)[C@H](C(C)=C[C@@H]1C)[C@H]2C. The summed E-state index contributed by atoms with van der Waals surface area (Å²) in [5.41, 5.74) is 1.36. The van der Waals surface area contributed by atoms with Crippen LogP contribution in [-0.4, -0.2) is 25.3 Å². The molecule has 2 aliphatic rings. The predicted molar refractivity (Wildman–Crippen MR) is 79.2 cm³/mol. The van der Waals surface area contributed by atoms with E-state index in [1.54, 1.807) is 0 Å². The number of hydrogen-bond acceptors (Lipinski definition) is 3. The van der Waals surface area contributed by atoms with Crippen molar-refractivity contribution in [3.05, 3.63) is 11.6 Å². The Morgan fingerprint density at radius 2 is 2.15 bits per heavy atom. The summed E-state index contributed by atoms with van der Waals surface area (Å²) >= 11 is 0. The zero-order valence-corrected chi connectivity index (χ0v) is 13.6. The Morgan fingerprint density at radius 3 is 2.70 bits per heavy atom. The second-order valence-electron chi connectivity index (χ2n) is 7.05. The van der Waals surface area contributed by atoms with Crippen molar-refractivity contribution < 1.29 is 14.3 Å². The molecule has 0 amide bonds. The maximum atomic E-state index is 11.2. The van der Waals surface area contributed by atoms with Gasteiger partial charge in [-0.1, -0.05) is 39.3 Å². The second kappa shape index (κ2) is 5.51. The van der Waals surface area contributed by atoms with Crippen LogP contribution >= 0.6 is 0 Å². The quantitative estimate of drug-likeness (QED) is 0.587. The molecular weight excluding hydrogens is 252 g/mol. The Hall–Kier alpha value is -0.830. The third-order valence-electron chi connectivity index (χ3n) is 5.49. The van der Waals surface area contributed by atoms with E-state index in [9.17, 15) is 4.79 Å². The number of allylic oxidation sites excluding steroid dienone is 1. The summed E-state index contributed by atoms with van der Waals surface area (Å²) in [5, 5.41) is 0. The van der Waals surface area contributed by atoms with Crippen molar-refractivity contribution in [2.45, 2.75) is 47.6 Å². The van der Waals surface area contributed by atoms with Crippen LogP contribution in [0.1, 0.15) is 41.5 Å². The van der Waals surface area contributed by atoms with Crippen molar-refractivity contribution in [2.75, 3.05) is 13.2 Å². The summed E-state index contributed by atoms with van der Waals surface area (Å²) in [7, 11) is 0. The topological polar surface area (TPSA) is 35.5 Å². The minimum Gasteiger partial charge on any atom is -0.465 e. The fraction of sp³-hybridized carbons (Fsp3) is 0.824. The number of carbonyl (C=O) groups is 1. The van der Waals surface area contributed by atoms with Gasteiger partial charge in [-0.05, 0) is 24.7 Å². The number of fused-ring (bicyclic) bond motifs is 2. The molecule has 0 aromatic rings. The van der Waals surface area contributed by atoms with Gasteiger partial charge in [0.05, 0.1) is 19.3 Å². The monoisotopic (exact) mass is 280 g/mol. The lowest BCUT2D eigenvalue weighted by molar-refractivity contribution is -0.186. The normalized spacial score (nSPS) is 40.5. The molecule has 5 atom stereocenters. The van der Waals surface area contributed by atoms with Gasteiger partial charge >= 0.3 is 5.97 Å². The van der Waals surface area contributed by atoms with Crippen molar-refractivity contribution in [3.63, 3.8) is 0 Å². The highest BCUT2D eigenvalue weighted by Gasteiger charge is 2.54. The summed E-state index contributed by atoms with van der Waals surface area (Å²) in [4.78, 5) is 11.2. The molecule has 20 heavy (non-hydrogen) atoms. The van der Waals surface area contributed by atoms with Crippen LogP contribution in [-0.2, 0) is 14.3 Å². The Kier molecular flexibility index (Phi) is 4.29. The molecule has 1 heterocycles. The molecule has 2 bridgehead atoms. The minimum atomic E-state index is -0.201. The lowest BCUT2D eigenvalue weighted by atomic mass is 9.55. The lowest BCUT2D eigenvalue weighted by Crippen LogP contribution is -2.57. The molecule has 0 aromatic carbocycles. The van der Waals surface area contributed by atoms with E-state index in [1.165, 1.54) is 12.5 Å². The van der Waals surface area contributed by atoms with Crippen molar-refractivity contribution in [1.82, 2.24) is 0 Å². The first kappa shape index (κ1) is 15.6. The van der Waals surface area contributed by atoms with E-state index in [2.05, 4.69) is 40.7 Å². The maximum Gasteiger partial charge on any atom is 0.302 e. The highest BCUT2D eigenvalue weighted by atomic mass is 16.5. The Bertz CT molecular complexity index is 412. The van der Waals surface area contributed by atoms with Gasteiger partial charge in [0.15, 0.2) is 0 Å². The highest BCUT2D eigenvalue weighted by molar-refractivity contribution is 5.65. The van der Waals surface area contributed by atoms with Crippen molar-refractivity contribution >= 4 is 5.97 Å². The van der Waals surface area contributed by atoms with Gasteiger partial charge in [0, 0.05) is 18.3 Å². The summed E-state index contributed by atoms with van der Waals surface area (Å²) in [6, 6.07) is 0. The third kappa shape index (κ3) is 2.41. The average Bonchev–Trinajstić information content (AvgIpc) is 2.34. The summed E-state index contributed by atoms with van der Waals surface area (Å²) in [5.74, 6) is 1.60. The minimum absolute atomic E-state index is 0.0682. The van der Waals surface area contributed by atoms with Gasteiger partial charge in [-0.3, -0.25) is 4.79 Å². The van der Waals surface area contributed by atoms with Crippen LogP contribution in [0.3, 0.4) is 0 Å². The number of hydrogen-bond donors (Lipinski definition) is 0. The maximum absolute atomic E-state index is 11.2. The molecule has 0 aromatic heterocycles. The van der Waals surface area contributed by atoms with Gasteiger partial charge in [0.2, 0.25) is 0 Å². The van der Waals surface area contributed by atoms with E-state index in [0.717, 1.165) is 0 Å². The first-order valence-corrected chi connectivity index (χ1v) is 7.73. The smallest absolute Gasteiger partial charge is 0.302 e. The third-order valence-corrected chi connectivity index (χ3v) is 5.49. The summed E-state index contributed by atoms with van der Waals surface area (Å²) in [6.45, 7) is 13.8. The van der Waals surface area contributed by atoms with E-state index in [-0.39, 0.29) is 17.5 Å². The summed E-state index contributed by atoms with van der Waals surface area (Å²) < 4.78 is 11.6. The fourth-order valence-corrected chi connectivity index (χ4v) is 4.15. The molecule has 2 rings (SSSR count). The molecule has 1 fully saturated rings. The molecule has 0 unspecified atom stereocenters. The zero-order valence-electron chi connectivity index (χ0n) is 13.6. The standard InChI is InChI=1S/C17H28O3/c1-10(2)16-15-11(3)7-12(4)17(9-20-16,13(15)5)8-19-14(6)18/h7,10,12-13,15-16H,8-9H2,1-6H3/t12-,13+,15+,16+,17-/m0/s1. The number of carbonyl (C=O) groups excluding carboxylic acids is 1. The number of rotatable bonds is 3. The molecular formula is C17H28O3. The molecule has 0 radical (unpaired) electrons. The van der Waals surface area contributed by atoms with Gasteiger partial charge in [0.1, 0.15) is 0 Å². The second-order valence-corrected chi connectivity index (χ2v) is 7.05.